The number of benzene rings is 2. The van der Waals surface area contributed by atoms with E-state index in [0.29, 0.717) is 11.4 Å². The molecule has 5 N–H and O–H groups in total. The molecule has 0 unspecified atom stereocenters. The fraction of sp³-hybridized carbons (Fsp3) is 0.176. The van der Waals surface area contributed by atoms with Gasteiger partial charge < -0.3 is 11.1 Å². The number of thiocarbonyl (C=S) groups is 1. The molecule has 0 aliphatic carbocycles. The standard InChI is InChI=1S/C15H13F3N4OS.C2H6/c16-15(17,18)9-5-7-10(8-6-9)20-12-4-2-1-3-11(12)13(23)21-22-14(19)24;1-2/h1-8,20H,(H,21,23)(H3,19,22,24);1-2H3. The van der Waals surface area contributed by atoms with Crippen LogP contribution in [0.25, 0.3) is 0 Å². The van der Waals surface area contributed by atoms with E-state index >= 15 is 0 Å². The lowest BCUT2D eigenvalue weighted by Crippen LogP contribution is -2.44. The lowest BCUT2D eigenvalue weighted by molar-refractivity contribution is -0.137. The SMILES string of the molecule is CC.NC(=S)NNC(=O)c1ccccc1Nc1ccc(C(F)(F)F)cc1. The van der Waals surface area contributed by atoms with Gasteiger partial charge in [0, 0.05) is 5.69 Å². The summed E-state index contributed by atoms with van der Waals surface area (Å²) in [4.78, 5) is 12.1. The van der Waals surface area contributed by atoms with Crippen molar-refractivity contribution in [3.8, 4) is 0 Å². The fourth-order valence-electron chi connectivity index (χ4n) is 1.87. The number of halogens is 3. The van der Waals surface area contributed by atoms with Crippen molar-refractivity contribution >= 4 is 34.6 Å². The fourth-order valence-corrected chi connectivity index (χ4v) is 1.92. The van der Waals surface area contributed by atoms with Crippen LogP contribution in [0.15, 0.2) is 48.5 Å². The second-order valence-corrected chi connectivity index (χ2v) is 5.13. The molecule has 2 aromatic carbocycles. The first-order valence-electron chi connectivity index (χ1n) is 7.66. The van der Waals surface area contributed by atoms with Gasteiger partial charge in [-0.15, -0.1) is 0 Å². The first-order valence-corrected chi connectivity index (χ1v) is 8.07. The van der Waals surface area contributed by atoms with Crippen LogP contribution < -0.4 is 21.9 Å². The van der Waals surface area contributed by atoms with E-state index in [1.807, 2.05) is 13.8 Å². The molecule has 26 heavy (non-hydrogen) atoms. The molecule has 2 rings (SSSR count). The number of carbonyl (C=O) groups excluding carboxylic acids is 1. The Hall–Kier alpha value is -2.81. The molecule has 0 saturated heterocycles. The minimum absolute atomic E-state index is 0.100. The van der Waals surface area contributed by atoms with Crippen molar-refractivity contribution in [2.24, 2.45) is 5.73 Å². The van der Waals surface area contributed by atoms with Gasteiger partial charge in [-0.2, -0.15) is 13.2 Å². The van der Waals surface area contributed by atoms with Crippen LogP contribution in [-0.4, -0.2) is 11.0 Å². The van der Waals surface area contributed by atoms with Crippen molar-refractivity contribution in [3.05, 3.63) is 59.7 Å². The molecule has 2 aromatic rings. The number of anilines is 2. The van der Waals surface area contributed by atoms with Gasteiger partial charge in [0.2, 0.25) is 0 Å². The molecule has 0 bridgehead atoms. The van der Waals surface area contributed by atoms with Crippen molar-refractivity contribution in [3.63, 3.8) is 0 Å². The van der Waals surface area contributed by atoms with Crippen LogP contribution in [0, 0.1) is 0 Å². The molecule has 9 heteroatoms. The molecule has 0 aliphatic heterocycles. The van der Waals surface area contributed by atoms with Crippen molar-refractivity contribution in [2.75, 3.05) is 5.32 Å². The minimum Gasteiger partial charge on any atom is -0.375 e. The summed E-state index contributed by atoms with van der Waals surface area (Å²) in [5.41, 5.74) is 10.2. The summed E-state index contributed by atoms with van der Waals surface area (Å²) in [5, 5.41) is 2.80. The van der Waals surface area contributed by atoms with Crippen LogP contribution in [0.2, 0.25) is 0 Å². The van der Waals surface area contributed by atoms with Crippen LogP contribution >= 0.6 is 12.2 Å². The summed E-state index contributed by atoms with van der Waals surface area (Å²) >= 11 is 4.59. The minimum atomic E-state index is -4.40. The average molecular weight is 384 g/mol. The zero-order valence-corrected chi connectivity index (χ0v) is 15.0. The highest BCUT2D eigenvalue weighted by atomic mass is 32.1. The van der Waals surface area contributed by atoms with Crippen LogP contribution in [0.4, 0.5) is 24.5 Å². The van der Waals surface area contributed by atoms with Gasteiger partial charge in [-0.1, -0.05) is 26.0 Å². The van der Waals surface area contributed by atoms with Gasteiger partial charge in [0.1, 0.15) is 0 Å². The number of nitrogens with two attached hydrogens (primary N) is 1. The third kappa shape index (κ3) is 6.25. The lowest BCUT2D eigenvalue weighted by Gasteiger charge is -2.13. The van der Waals surface area contributed by atoms with Gasteiger partial charge in [-0.3, -0.25) is 15.6 Å². The molecule has 0 radical (unpaired) electrons. The molecule has 5 nitrogen and oxygen atoms in total. The number of amides is 1. The van der Waals surface area contributed by atoms with Gasteiger partial charge in [0.05, 0.1) is 16.8 Å². The van der Waals surface area contributed by atoms with E-state index in [4.69, 9.17) is 5.73 Å². The van der Waals surface area contributed by atoms with Crippen LogP contribution in [0.3, 0.4) is 0 Å². The number of hydrogen-bond acceptors (Lipinski definition) is 3. The second-order valence-electron chi connectivity index (χ2n) is 4.69. The van der Waals surface area contributed by atoms with Gasteiger partial charge in [-0.25, -0.2) is 0 Å². The predicted octanol–water partition coefficient (Wildman–Crippen LogP) is 3.95. The van der Waals surface area contributed by atoms with Crippen molar-refractivity contribution < 1.29 is 18.0 Å². The number of rotatable bonds is 3. The number of hydrogen-bond donors (Lipinski definition) is 4. The van der Waals surface area contributed by atoms with E-state index in [9.17, 15) is 18.0 Å². The molecule has 0 heterocycles. The summed E-state index contributed by atoms with van der Waals surface area (Å²) in [6.45, 7) is 4.00. The van der Waals surface area contributed by atoms with Gasteiger partial charge in [0.25, 0.3) is 5.91 Å². The number of carbonyl (C=O) groups is 1. The topological polar surface area (TPSA) is 79.2 Å². The first kappa shape index (κ1) is 21.2. The van der Waals surface area contributed by atoms with E-state index in [2.05, 4.69) is 28.4 Å². The molecular formula is C17H19F3N4OS. The molecule has 140 valence electrons. The quantitative estimate of drug-likeness (QED) is 0.476. The Morgan fingerprint density at radius 2 is 1.58 bits per heavy atom. The molecule has 0 aromatic heterocycles. The van der Waals surface area contributed by atoms with Crippen LogP contribution in [0.1, 0.15) is 29.8 Å². The molecular weight excluding hydrogens is 365 g/mol. The van der Waals surface area contributed by atoms with Crippen LogP contribution in [-0.2, 0) is 6.18 Å². The molecule has 1 amide bonds. The number of hydrazine groups is 1. The smallest absolute Gasteiger partial charge is 0.375 e. The zero-order chi connectivity index (χ0) is 19.7. The van der Waals surface area contributed by atoms with E-state index in [1.54, 1.807) is 24.3 Å². The number of nitrogens with one attached hydrogen (secondary N) is 3. The van der Waals surface area contributed by atoms with Gasteiger partial charge >= 0.3 is 6.18 Å². The average Bonchev–Trinajstić information content (AvgIpc) is 2.61. The zero-order valence-electron chi connectivity index (χ0n) is 14.1. The Bertz CT molecular complexity index is 748. The van der Waals surface area contributed by atoms with Crippen LogP contribution in [0.5, 0.6) is 0 Å². The summed E-state index contributed by atoms with van der Waals surface area (Å²) in [6.07, 6.45) is -4.40. The Morgan fingerprint density at radius 3 is 2.12 bits per heavy atom. The second kappa shape index (κ2) is 9.62. The number of alkyl halides is 3. The van der Waals surface area contributed by atoms with E-state index in [0.717, 1.165) is 12.1 Å². The third-order valence-electron chi connectivity index (χ3n) is 2.96. The van der Waals surface area contributed by atoms with Crippen molar-refractivity contribution in [2.45, 2.75) is 20.0 Å². The Morgan fingerprint density at radius 1 is 1.00 bits per heavy atom. The molecule has 0 atom stereocenters. The van der Waals surface area contributed by atoms with Gasteiger partial charge in [0.15, 0.2) is 5.11 Å². The van der Waals surface area contributed by atoms with Crippen molar-refractivity contribution in [1.29, 1.82) is 0 Å². The number of para-hydroxylation sites is 1. The maximum Gasteiger partial charge on any atom is 0.416 e. The predicted molar refractivity (Wildman–Crippen MR) is 99.9 cm³/mol. The monoisotopic (exact) mass is 384 g/mol. The van der Waals surface area contributed by atoms with E-state index < -0.39 is 17.6 Å². The highest BCUT2D eigenvalue weighted by Crippen LogP contribution is 2.30. The lowest BCUT2D eigenvalue weighted by atomic mass is 10.1. The summed E-state index contributed by atoms with van der Waals surface area (Å²) in [6, 6.07) is 11.0. The van der Waals surface area contributed by atoms with Gasteiger partial charge in [-0.05, 0) is 48.6 Å². The summed E-state index contributed by atoms with van der Waals surface area (Å²) in [5.74, 6) is -0.502. The molecule has 0 fully saturated rings. The summed E-state index contributed by atoms with van der Waals surface area (Å²) in [7, 11) is 0. The maximum atomic E-state index is 12.6. The third-order valence-corrected chi connectivity index (χ3v) is 3.06. The maximum absolute atomic E-state index is 12.6. The first-order chi connectivity index (χ1) is 12.3. The normalized spacial score (nSPS) is 10.2. The summed E-state index contributed by atoms with van der Waals surface area (Å²) < 4.78 is 37.7. The molecule has 0 spiro atoms. The van der Waals surface area contributed by atoms with E-state index in [1.165, 1.54) is 12.1 Å². The highest BCUT2D eigenvalue weighted by molar-refractivity contribution is 7.80. The van der Waals surface area contributed by atoms with Crippen molar-refractivity contribution in [1.82, 2.24) is 10.9 Å². The Labute approximate surface area is 154 Å². The molecule has 0 saturated carbocycles. The Balaban J connectivity index is 0.00000163. The van der Waals surface area contributed by atoms with E-state index in [-0.39, 0.29) is 10.7 Å². The molecule has 0 aliphatic rings. The Kier molecular flexibility index (Phi) is 7.85. The highest BCUT2D eigenvalue weighted by Gasteiger charge is 2.29. The largest absolute Gasteiger partial charge is 0.416 e.